The third kappa shape index (κ3) is 2.76. The van der Waals surface area contributed by atoms with Crippen LogP contribution in [0.15, 0.2) is 0 Å². The molecule has 0 aromatic carbocycles. The monoisotopic (exact) mass is 249 g/mol. The van der Waals surface area contributed by atoms with Crippen molar-refractivity contribution in [3.05, 3.63) is 0 Å². The summed E-state index contributed by atoms with van der Waals surface area (Å²) in [6.07, 6.45) is 16.7. The average molecular weight is 249 g/mol. The summed E-state index contributed by atoms with van der Waals surface area (Å²) >= 11 is 0. The molecule has 0 aliphatic heterocycles. The Labute approximate surface area is 113 Å². The first-order valence-corrected chi connectivity index (χ1v) is 8.54. The van der Waals surface area contributed by atoms with E-state index in [1.165, 1.54) is 44.9 Å². The fraction of sp³-hybridized carbons (Fsp3) is 1.00. The molecule has 0 spiro atoms. The molecule has 0 aromatic rings. The maximum absolute atomic E-state index is 3.69. The lowest BCUT2D eigenvalue weighted by atomic mass is 9.79. The predicted molar refractivity (Wildman–Crippen MR) is 77.6 cm³/mol. The van der Waals surface area contributed by atoms with E-state index in [1.54, 1.807) is 25.7 Å². The minimum atomic E-state index is 0.826. The molecular formula is C17H31N. The Hall–Kier alpha value is -0.0400. The summed E-state index contributed by atoms with van der Waals surface area (Å²) in [5.74, 6) is 4.28. The number of nitrogens with one attached hydrogen (secondary N) is 1. The molecule has 1 nitrogen and oxygen atoms in total. The Bertz CT molecular complexity index is 254. The van der Waals surface area contributed by atoms with Crippen LogP contribution in [0.4, 0.5) is 0 Å². The van der Waals surface area contributed by atoms with Crippen molar-refractivity contribution in [2.24, 2.45) is 23.7 Å². The summed E-state index contributed by atoms with van der Waals surface area (Å²) in [5.41, 5.74) is 0. The standard InChI is InChI=1S/C17H31N/c1-18-17(14-6-4-2-3-5-7-14)12-16-11-13-8-9-15(16)10-13/h13-18H,2-12H2,1H3. The zero-order valence-corrected chi connectivity index (χ0v) is 12.2. The van der Waals surface area contributed by atoms with Gasteiger partial charge in [-0.2, -0.15) is 0 Å². The predicted octanol–water partition coefficient (Wildman–Crippen LogP) is 4.37. The Morgan fingerprint density at radius 1 is 0.944 bits per heavy atom. The van der Waals surface area contributed by atoms with Crippen LogP contribution in [0.1, 0.15) is 70.6 Å². The average Bonchev–Trinajstić information content (AvgIpc) is 2.90. The van der Waals surface area contributed by atoms with Crippen molar-refractivity contribution in [3.8, 4) is 0 Å². The fourth-order valence-corrected chi connectivity index (χ4v) is 5.25. The second-order valence-corrected chi connectivity index (χ2v) is 7.32. The number of fused-ring (bicyclic) bond motifs is 2. The molecule has 104 valence electrons. The smallest absolute Gasteiger partial charge is 0.00950 e. The minimum Gasteiger partial charge on any atom is -0.317 e. The van der Waals surface area contributed by atoms with Crippen molar-refractivity contribution in [2.45, 2.75) is 76.7 Å². The Kier molecular flexibility index (Phi) is 4.28. The van der Waals surface area contributed by atoms with E-state index >= 15 is 0 Å². The third-order valence-corrected chi connectivity index (χ3v) is 6.28. The molecule has 3 fully saturated rings. The van der Waals surface area contributed by atoms with E-state index in [4.69, 9.17) is 0 Å². The van der Waals surface area contributed by atoms with Crippen LogP contribution in [0.3, 0.4) is 0 Å². The van der Waals surface area contributed by atoms with Crippen molar-refractivity contribution in [1.29, 1.82) is 0 Å². The molecule has 1 heteroatoms. The molecule has 4 unspecified atom stereocenters. The summed E-state index contributed by atoms with van der Waals surface area (Å²) < 4.78 is 0. The van der Waals surface area contributed by atoms with Crippen LogP contribution in [-0.2, 0) is 0 Å². The van der Waals surface area contributed by atoms with Crippen molar-refractivity contribution >= 4 is 0 Å². The second-order valence-electron chi connectivity index (χ2n) is 7.32. The molecule has 3 aliphatic rings. The highest BCUT2D eigenvalue weighted by Crippen LogP contribution is 2.50. The van der Waals surface area contributed by atoms with Gasteiger partial charge in [0.15, 0.2) is 0 Å². The maximum atomic E-state index is 3.69. The number of hydrogen-bond donors (Lipinski definition) is 1. The van der Waals surface area contributed by atoms with E-state index in [-0.39, 0.29) is 0 Å². The molecule has 2 bridgehead atoms. The lowest BCUT2D eigenvalue weighted by Crippen LogP contribution is -2.36. The summed E-state index contributed by atoms with van der Waals surface area (Å²) in [5, 5.41) is 3.69. The van der Waals surface area contributed by atoms with Crippen LogP contribution < -0.4 is 5.32 Å². The molecule has 1 N–H and O–H groups in total. The molecular weight excluding hydrogens is 218 g/mol. The Balaban J connectivity index is 1.55. The zero-order chi connectivity index (χ0) is 12.4. The van der Waals surface area contributed by atoms with Gasteiger partial charge >= 0.3 is 0 Å². The van der Waals surface area contributed by atoms with Crippen molar-refractivity contribution in [2.75, 3.05) is 7.05 Å². The van der Waals surface area contributed by atoms with E-state index < -0.39 is 0 Å². The molecule has 0 radical (unpaired) electrons. The van der Waals surface area contributed by atoms with E-state index in [0.717, 1.165) is 29.7 Å². The molecule has 18 heavy (non-hydrogen) atoms. The van der Waals surface area contributed by atoms with Crippen molar-refractivity contribution in [1.82, 2.24) is 5.32 Å². The van der Waals surface area contributed by atoms with E-state index in [1.807, 2.05) is 0 Å². The first-order chi connectivity index (χ1) is 8.86. The quantitative estimate of drug-likeness (QED) is 0.729. The number of hydrogen-bond acceptors (Lipinski definition) is 1. The maximum Gasteiger partial charge on any atom is 0.00950 e. The Morgan fingerprint density at radius 3 is 2.28 bits per heavy atom. The first kappa shape index (κ1) is 13.0. The van der Waals surface area contributed by atoms with Crippen LogP contribution in [0.2, 0.25) is 0 Å². The van der Waals surface area contributed by atoms with Crippen LogP contribution in [-0.4, -0.2) is 13.1 Å². The zero-order valence-electron chi connectivity index (χ0n) is 12.2. The number of rotatable bonds is 4. The molecule has 3 saturated carbocycles. The molecule has 3 aliphatic carbocycles. The molecule has 0 heterocycles. The highest BCUT2D eigenvalue weighted by Gasteiger charge is 2.40. The van der Waals surface area contributed by atoms with Gasteiger partial charge in [0.1, 0.15) is 0 Å². The van der Waals surface area contributed by atoms with Gasteiger partial charge < -0.3 is 5.32 Å². The molecule has 4 atom stereocenters. The van der Waals surface area contributed by atoms with Crippen molar-refractivity contribution < 1.29 is 0 Å². The highest BCUT2D eigenvalue weighted by atomic mass is 14.9. The molecule has 0 saturated heterocycles. The van der Waals surface area contributed by atoms with Crippen LogP contribution in [0, 0.1) is 23.7 Å². The van der Waals surface area contributed by atoms with Crippen LogP contribution in [0.5, 0.6) is 0 Å². The van der Waals surface area contributed by atoms with E-state index in [2.05, 4.69) is 12.4 Å². The van der Waals surface area contributed by atoms with Gasteiger partial charge in [-0.05, 0) is 69.2 Å². The van der Waals surface area contributed by atoms with Crippen LogP contribution in [0.25, 0.3) is 0 Å². The first-order valence-electron chi connectivity index (χ1n) is 8.54. The van der Waals surface area contributed by atoms with E-state index in [9.17, 15) is 0 Å². The lowest BCUT2D eigenvalue weighted by Gasteiger charge is -2.31. The van der Waals surface area contributed by atoms with Gasteiger partial charge in [0, 0.05) is 6.04 Å². The minimum absolute atomic E-state index is 0.826. The topological polar surface area (TPSA) is 12.0 Å². The van der Waals surface area contributed by atoms with Gasteiger partial charge in [-0.15, -0.1) is 0 Å². The molecule has 3 rings (SSSR count). The fourth-order valence-electron chi connectivity index (χ4n) is 5.25. The van der Waals surface area contributed by atoms with Crippen LogP contribution >= 0.6 is 0 Å². The van der Waals surface area contributed by atoms with Gasteiger partial charge in [0.05, 0.1) is 0 Å². The summed E-state index contributed by atoms with van der Waals surface area (Å²) in [4.78, 5) is 0. The van der Waals surface area contributed by atoms with Gasteiger partial charge in [0.25, 0.3) is 0 Å². The van der Waals surface area contributed by atoms with Gasteiger partial charge in [0.2, 0.25) is 0 Å². The van der Waals surface area contributed by atoms with E-state index in [0.29, 0.717) is 0 Å². The molecule has 0 aromatic heterocycles. The summed E-state index contributed by atoms with van der Waals surface area (Å²) in [7, 11) is 2.21. The van der Waals surface area contributed by atoms with Crippen molar-refractivity contribution in [3.63, 3.8) is 0 Å². The normalized spacial score (nSPS) is 38.8. The summed E-state index contributed by atoms with van der Waals surface area (Å²) in [6, 6.07) is 0.826. The lowest BCUT2D eigenvalue weighted by molar-refractivity contribution is 0.231. The summed E-state index contributed by atoms with van der Waals surface area (Å²) in [6.45, 7) is 0. The molecule has 0 amide bonds. The second kappa shape index (κ2) is 5.94. The third-order valence-electron chi connectivity index (χ3n) is 6.28. The van der Waals surface area contributed by atoms with Gasteiger partial charge in [-0.1, -0.05) is 32.1 Å². The largest absolute Gasteiger partial charge is 0.317 e. The SMILES string of the molecule is CNC(CC1CC2CCC1C2)C1CCCCCC1. The van der Waals surface area contributed by atoms with Gasteiger partial charge in [-0.3, -0.25) is 0 Å². The Morgan fingerprint density at radius 2 is 1.72 bits per heavy atom. The van der Waals surface area contributed by atoms with Gasteiger partial charge in [-0.25, -0.2) is 0 Å². The highest BCUT2D eigenvalue weighted by molar-refractivity contribution is 4.92.